The van der Waals surface area contributed by atoms with Crippen LogP contribution in [0.4, 0.5) is 10.5 Å². The Kier molecular flexibility index (Phi) is 9.01. The molecule has 2 rings (SSSR count). The minimum absolute atomic E-state index is 0.0734. The molecule has 184 valence electrons. The molecule has 10 heteroatoms. The Labute approximate surface area is 199 Å². The van der Waals surface area contributed by atoms with Crippen LogP contribution in [0.2, 0.25) is 0 Å². The van der Waals surface area contributed by atoms with E-state index in [4.69, 9.17) is 11.2 Å². The third-order valence-electron chi connectivity index (χ3n) is 5.23. The number of nitrogens with zero attached hydrogens (tertiary/aromatic N) is 2. The molecule has 34 heavy (non-hydrogen) atoms. The van der Waals surface area contributed by atoms with Crippen LogP contribution in [0.5, 0.6) is 0 Å². The van der Waals surface area contributed by atoms with Crippen LogP contribution in [-0.2, 0) is 19.1 Å². The van der Waals surface area contributed by atoms with Crippen LogP contribution in [-0.4, -0.2) is 58.4 Å². The van der Waals surface area contributed by atoms with Gasteiger partial charge in [-0.15, -0.1) is 12.3 Å². The third-order valence-corrected chi connectivity index (χ3v) is 5.23. The van der Waals surface area contributed by atoms with Gasteiger partial charge in [0.2, 0.25) is 11.8 Å². The highest BCUT2D eigenvalue weighted by Gasteiger charge is 2.31. The quantitative estimate of drug-likeness (QED) is 0.527. The summed E-state index contributed by atoms with van der Waals surface area (Å²) in [6.45, 7) is 7.09. The first-order chi connectivity index (χ1) is 16.0. The molecule has 10 nitrogen and oxygen atoms in total. The van der Waals surface area contributed by atoms with E-state index in [-0.39, 0.29) is 43.4 Å². The molecule has 0 bridgehead atoms. The summed E-state index contributed by atoms with van der Waals surface area (Å²) in [5.74, 6) is 1.13. The van der Waals surface area contributed by atoms with Gasteiger partial charge in [-0.3, -0.25) is 24.5 Å². The van der Waals surface area contributed by atoms with Crippen molar-refractivity contribution in [3.05, 3.63) is 28.7 Å². The van der Waals surface area contributed by atoms with Gasteiger partial charge >= 0.3 is 6.09 Å². The van der Waals surface area contributed by atoms with Crippen LogP contribution < -0.4 is 16.2 Å². The lowest BCUT2D eigenvalue weighted by Crippen LogP contribution is -2.43. The molecule has 1 saturated heterocycles. The average molecular weight is 473 g/mol. The maximum atomic E-state index is 13.2. The number of hydrogen-bond donors (Lipinski definition) is 2. The highest BCUT2D eigenvalue weighted by atomic mass is 16.6. The highest BCUT2D eigenvalue weighted by molar-refractivity contribution is 5.90. The maximum absolute atomic E-state index is 13.2. The van der Waals surface area contributed by atoms with E-state index in [1.807, 2.05) is 0 Å². The van der Waals surface area contributed by atoms with Crippen molar-refractivity contribution in [2.24, 2.45) is 5.92 Å². The number of ketones is 1. The number of hydrogen-bond acceptors (Lipinski definition) is 6. The van der Waals surface area contributed by atoms with Crippen molar-refractivity contribution in [2.45, 2.75) is 58.6 Å². The van der Waals surface area contributed by atoms with Gasteiger partial charge in [0.1, 0.15) is 17.3 Å². The molecular weight excluding hydrogens is 440 g/mol. The number of Topliss-reactive ketones (excluding diaryl/α,β-unsaturated/α-hetero) is 1. The second-order valence-corrected chi connectivity index (χ2v) is 9.06. The molecule has 0 aromatic carbocycles. The number of terminal acetylenes is 1. The van der Waals surface area contributed by atoms with E-state index in [1.54, 1.807) is 27.7 Å². The lowest BCUT2D eigenvalue weighted by atomic mass is 10.0. The van der Waals surface area contributed by atoms with Crippen LogP contribution in [0, 0.1) is 18.3 Å². The number of carbonyl (C=O) groups excluding carboxylic acids is 4. The van der Waals surface area contributed by atoms with Crippen molar-refractivity contribution in [1.82, 2.24) is 14.8 Å². The zero-order valence-corrected chi connectivity index (χ0v) is 20.1. The van der Waals surface area contributed by atoms with Crippen molar-refractivity contribution in [1.29, 1.82) is 0 Å². The fraction of sp³-hybridized carbons (Fsp3) is 0.542. The molecule has 0 radical (unpaired) electrons. The Hall–Kier alpha value is -3.61. The van der Waals surface area contributed by atoms with Gasteiger partial charge in [-0.05, 0) is 39.3 Å². The summed E-state index contributed by atoms with van der Waals surface area (Å²) < 4.78 is 6.33. The van der Waals surface area contributed by atoms with E-state index >= 15 is 0 Å². The van der Waals surface area contributed by atoms with Gasteiger partial charge in [0.15, 0.2) is 5.78 Å². The first-order valence-electron chi connectivity index (χ1n) is 11.2. The summed E-state index contributed by atoms with van der Waals surface area (Å²) >= 11 is 0. The zero-order chi connectivity index (χ0) is 25.5. The van der Waals surface area contributed by atoms with Gasteiger partial charge in [0.25, 0.3) is 5.56 Å². The van der Waals surface area contributed by atoms with Crippen LogP contribution >= 0.6 is 0 Å². The van der Waals surface area contributed by atoms with E-state index < -0.39 is 35.0 Å². The predicted molar refractivity (Wildman–Crippen MR) is 126 cm³/mol. The van der Waals surface area contributed by atoms with Gasteiger partial charge in [0, 0.05) is 32.1 Å². The molecule has 2 heterocycles. The molecule has 2 atom stereocenters. The van der Waals surface area contributed by atoms with E-state index in [2.05, 4.69) is 16.6 Å². The molecule has 0 saturated carbocycles. The van der Waals surface area contributed by atoms with Crippen LogP contribution in [0.3, 0.4) is 0 Å². The van der Waals surface area contributed by atoms with Gasteiger partial charge in [0.05, 0.1) is 12.5 Å². The van der Waals surface area contributed by atoms with E-state index in [0.717, 1.165) is 4.57 Å². The third kappa shape index (κ3) is 7.20. The summed E-state index contributed by atoms with van der Waals surface area (Å²) in [7, 11) is 0. The monoisotopic (exact) mass is 472 g/mol. The largest absolute Gasteiger partial charge is 0.444 e. The van der Waals surface area contributed by atoms with Crippen molar-refractivity contribution >= 4 is 29.4 Å². The fourth-order valence-electron chi connectivity index (χ4n) is 3.60. The lowest BCUT2D eigenvalue weighted by Gasteiger charge is -2.26. The molecule has 2 N–H and O–H groups in total. The van der Waals surface area contributed by atoms with E-state index in [0.29, 0.717) is 13.0 Å². The Morgan fingerprint density at radius 3 is 2.62 bits per heavy atom. The second-order valence-electron chi connectivity index (χ2n) is 9.06. The Balaban J connectivity index is 2.26. The maximum Gasteiger partial charge on any atom is 0.412 e. The summed E-state index contributed by atoms with van der Waals surface area (Å²) in [5.41, 5.74) is -1.47. The number of rotatable bonds is 9. The Morgan fingerprint density at radius 1 is 1.35 bits per heavy atom. The van der Waals surface area contributed by atoms with Crippen molar-refractivity contribution in [3.8, 4) is 12.3 Å². The van der Waals surface area contributed by atoms with Crippen molar-refractivity contribution < 1.29 is 23.9 Å². The van der Waals surface area contributed by atoms with Gasteiger partial charge in [-0.2, -0.15) is 0 Å². The Bertz CT molecular complexity index is 1030. The highest BCUT2D eigenvalue weighted by Crippen LogP contribution is 2.17. The van der Waals surface area contributed by atoms with Crippen LogP contribution in [0.25, 0.3) is 0 Å². The number of anilines is 1. The molecule has 0 aliphatic carbocycles. The van der Waals surface area contributed by atoms with Crippen LogP contribution in [0.1, 0.15) is 53.0 Å². The number of carbonyl (C=O) groups is 4. The normalized spacial score (nSPS) is 16.2. The topological polar surface area (TPSA) is 127 Å². The number of pyridine rings is 1. The second kappa shape index (κ2) is 11.5. The Morgan fingerprint density at radius 2 is 2.06 bits per heavy atom. The molecule has 3 amide bonds. The van der Waals surface area contributed by atoms with Gasteiger partial charge in [-0.25, -0.2) is 4.79 Å². The summed E-state index contributed by atoms with van der Waals surface area (Å²) in [5, 5.41) is 5.12. The molecule has 1 aromatic rings. The summed E-state index contributed by atoms with van der Waals surface area (Å²) in [6.07, 6.45) is 6.71. The molecule has 1 aliphatic rings. The predicted octanol–water partition coefficient (Wildman–Crippen LogP) is 1.70. The minimum Gasteiger partial charge on any atom is -0.444 e. The van der Waals surface area contributed by atoms with Crippen molar-refractivity contribution in [2.75, 3.05) is 25.0 Å². The molecular formula is C24H32N4O6. The van der Waals surface area contributed by atoms with Gasteiger partial charge in [-0.1, -0.05) is 6.92 Å². The first kappa shape index (κ1) is 26.6. The fourth-order valence-corrected chi connectivity index (χ4v) is 3.60. The SMILES string of the molecule is C#CC[C@@H](C(=O)CN(C[C@@H]1CCNC1=O)C(=O)CC)n1cccc(NC(=O)OC(C)(C)C)c1=O. The van der Waals surface area contributed by atoms with Gasteiger partial charge < -0.3 is 19.5 Å². The number of amides is 3. The standard InChI is InChI=1S/C24H32N4O6/c1-6-9-18(19(29)15-27(20(30)7-2)14-16-11-12-25-21(16)31)28-13-8-10-17(22(28)32)26-23(33)34-24(3,4)5/h1,8,10,13,16,18H,7,9,11-12,14-15H2,2-5H3,(H,25,31)(H,26,33)/t16-,18-/m0/s1. The summed E-state index contributed by atoms with van der Waals surface area (Å²) in [4.78, 5) is 64.2. The van der Waals surface area contributed by atoms with E-state index in [9.17, 15) is 24.0 Å². The first-order valence-corrected chi connectivity index (χ1v) is 11.2. The van der Waals surface area contributed by atoms with Crippen LogP contribution in [0.15, 0.2) is 23.1 Å². The lowest BCUT2D eigenvalue weighted by molar-refractivity contribution is -0.137. The number of ether oxygens (including phenoxy) is 1. The molecule has 0 unspecified atom stereocenters. The average Bonchev–Trinajstić information content (AvgIpc) is 3.15. The van der Waals surface area contributed by atoms with Crippen molar-refractivity contribution in [3.63, 3.8) is 0 Å². The number of aromatic nitrogens is 1. The van der Waals surface area contributed by atoms with E-state index in [1.165, 1.54) is 23.2 Å². The molecule has 1 aliphatic heterocycles. The number of nitrogens with one attached hydrogen (secondary N) is 2. The zero-order valence-electron chi connectivity index (χ0n) is 20.1. The molecule has 1 aromatic heterocycles. The molecule has 0 spiro atoms. The summed E-state index contributed by atoms with van der Waals surface area (Å²) in [6, 6.07) is 1.84. The molecule has 1 fully saturated rings. The smallest absolute Gasteiger partial charge is 0.412 e. The minimum atomic E-state index is -1.05.